The molecule has 1 atom stereocenters. The Bertz CT molecular complexity index is 547. The first-order chi connectivity index (χ1) is 8.25. The van der Waals surface area contributed by atoms with Crippen molar-refractivity contribution in [3.63, 3.8) is 0 Å². The van der Waals surface area contributed by atoms with Crippen molar-refractivity contribution >= 4 is 21.7 Å². The number of aromatic nitrogens is 2. The van der Waals surface area contributed by atoms with Crippen molar-refractivity contribution in [3.8, 4) is 0 Å². The Morgan fingerprint density at radius 3 is 2.76 bits per heavy atom. The van der Waals surface area contributed by atoms with Gasteiger partial charge in [0.15, 0.2) is 0 Å². The normalized spacial score (nSPS) is 19.0. The van der Waals surface area contributed by atoms with Crippen molar-refractivity contribution in [2.75, 3.05) is 5.73 Å². The van der Waals surface area contributed by atoms with E-state index in [2.05, 4.69) is 45.3 Å². The molecule has 1 aliphatic carbocycles. The first-order valence-corrected chi connectivity index (χ1v) is 6.60. The molecule has 2 N–H and O–H groups in total. The zero-order chi connectivity index (χ0) is 11.8. The van der Waals surface area contributed by atoms with Crippen LogP contribution in [0.2, 0.25) is 0 Å². The van der Waals surface area contributed by atoms with Crippen LogP contribution in [0.25, 0.3) is 0 Å². The summed E-state index contributed by atoms with van der Waals surface area (Å²) in [6, 6.07) is 9.02. The van der Waals surface area contributed by atoms with Gasteiger partial charge in [0, 0.05) is 0 Å². The Labute approximate surface area is 109 Å². The average Bonchev–Trinajstić information content (AvgIpc) is 2.70. The summed E-state index contributed by atoms with van der Waals surface area (Å²) >= 11 is 3.41. The van der Waals surface area contributed by atoms with E-state index in [0.29, 0.717) is 6.04 Å². The number of hydrogen-bond acceptors (Lipinski definition) is 2. The second kappa shape index (κ2) is 4.18. The minimum absolute atomic E-state index is 0.385. The van der Waals surface area contributed by atoms with Gasteiger partial charge >= 0.3 is 0 Å². The van der Waals surface area contributed by atoms with E-state index in [4.69, 9.17) is 5.73 Å². The summed E-state index contributed by atoms with van der Waals surface area (Å²) in [6.07, 6.45) is 5.01. The van der Waals surface area contributed by atoms with Gasteiger partial charge in [-0.2, -0.15) is 5.10 Å². The number of aryl methyl sites for hydroxylation is 1. The maximum atomic E-state index is 6.01. The van der Waals surface area contributed by atoms with Gasteiger partial charge in [0.1, 0.15) is 5.82 Å². The predicted molar refractivity (Wildman–Crippen MR) is 71.8 cm³/mol. The van der Waals surface area contributed by atoms with Crippen LogP contribution in [-0.2, 0) is 12.8 Å². The lowest BCUT2D eigenvalue weighted by molar-refractivity contribution is 0.410. The second-order valence-electron chi connectivity index (χ2n) is 4.49. The van der Waals surface area contributed by atoms with E-state index in [-0.39, 0.29) is 0 Å². The highest BCUT2D eigenvalue weighted by Gasteiger charge is 2.22. The van der Waals surface area contributed by atoms with Gasteiger partial charge in [-0.25, -0.2) is 4.68 Å². The summed E-state index contributed by atoms with van der Waals surface area (Å²) in [5.74, 6) is 0.731. The van der Waals surface area contributed by atoms with Crippen LogP contribution >= 0.6 is 15.9 Å². The molecule has 0 spiro atoms. The largest absolute Gasteiger partial charge is 0.383 e. The number of nitrogens with zero attached hydrogens (tertiary/aromatic N) is 2. The molecule has 3 nitrogen and oxygen atoms in total. The van der Waals surface area contributed by atoms with Gasteiger partial charge < -0.3 is 5.73 Å². The van der Waals surface area contributed by atoms with Crippen molar-refractivity contribution in [2.24, 2.45) is 0 Å². The second-order valence-corrected chi connectivity index (χ2v) is 5.34. The number of rotatable bonds is 1. The average molecular weight is 292 g/mol. The van der Waals surface area contributed by atoms with Gasteiger partial charge in [-0.05, 0) is 46.3 Å². The van der Waals surface area contributed by atoms with Crippen LogP contribution in [0.4, 0.5) is 5.82 Å². The van der Waals surface area contributed by atoms with Crippen LogP contribution in [0.3, 0.4) is 0 Å². The molecule has 0 amide bonds. The molecule has 1 aliphatic rings. The van der Waals surface area contributed by atoms with Gasteiger partial charge in [0.05, 0.1) is 16.7 Å². The molecular formula is C13H14BrN3. The van der Waals surface area contributed by atoms with Crippen LogP contribution < -0.4 is 5.73 Å². The number of fused-ring (bicyclic) bond motifs is 1. The van der Waals surface area contributed by atoms with Gasteiger partial charge in [0.2, 0.25) is 0 Å². The molecule has 0 aliphatic heterocycles. The standard InChI is InChI=1S/C13H14BrN3/c14-12-8-16-17(13(12)15)11-6-5-9-3-1-2-4-10(9)7-11/h1-4,8,11H,5-7,15H2. The zero-order valence-electron chi connectivity index (χ0n) is 9.44. The monoisotopic (exact) mass is 291 g/mol. The highest BCUT2D eigenvalue weighted by molar-refractivity contribution is 9.10. The Morgan fingerprint density at radius 2 is 2.06 bits per heavy atom. The van der Waals surface area contributed by atoms with Gasteiger partial charge in [-0.15, -0.1) is 0 Å². The Kier molecular flexibility index (Phi) is 2.67. The molecule has 17 heavy (non-hydrogen) atoms. The van der Waals surface area contributed by atoms with Gasteiger partial charge in [-0.3, -0.25) is 0 Å². The number of nitrogens with two attached hydrogens (primary N) is 1. The Balaban J connectivity index is 1.92. The summed E-state index contributed by atoms with van der Waals surface area (Å²) < 4.78 is 2.83. The van der Waals surface area contributed by atoms with Crippen LogP contribution in [-0.4, -0.2) is 9.78 Å². The third-order valence-corrected chi connectivity index (χ3v) is 4.06. The molecule has 0 bridgehead atoms. The lowest BCUT2D eigenvalue weighted by Gasteiger charge is -2.25. The fourth-order valence-electron chi connectivity index (χ4n) is 2.53. The smallest absolute Gasteiger partial charge is 0.136 e. The summed E-state index contributed by atoms with van der Waals surface area (Å²) in [5.41, 5.74) is 8.90. The van der Waals surface area contributed by atoms with Crippen molar-refractivity contribution in [1.82, 2.24) is 9.78 Å². The van der Waals surface area contributed by atoms with E-state index in [1.807, 2.05) is 4.68 Å². The van der Waals surface area contributed by atoms with Crippen molar-refractivity contribution in [1.29, 1.82) is 0 Å². The maximum Gasteiger partial charge on any atom is 0.136 e. The first-order valence-electron chi connectivity index (χ1n) is 5.81. The van der Waals surface area contributed by atoms with Crippen LogP contribution in [0.1, 0.15) is 23.6 Å². The molecule has 1 heterocycles. The highest BCUT2D eigenvalue weighted by Crippen LogP contribution is 2.31. The molecule has 1 aromatic heterocycles. The van der Waals surface area contributed by atoms with Gasteiger partial charge in [-0.1, -0.05) is 24.3 Å². The maximum absolute atomic E-state index is 6.01. The molecule has 3 rings (SSSR count). The number of hydrogen-bond donors (Lipinski definition) is 1. The summed E-state index contributed by atoms with van der Waals surface area (Å²) in [5, 5.41) is 4.36. The lowest BCUT2D eigenvalue weighted by atomic mass is 9.88. The molecule has 4 heteroatoms. The molecule has 0 fully saturated rings. The van der Waals surface area contributed by atoms with E-state index in [9.17, 15) is 0 Å². The topological polar surface area (TPSA) is 43.8 Å². The van der Waals surface area contributed by atoms with Crippen molar-refractivity contribution < 1.29 is 0 Å². The van der Waals surface area contributed by atoms with E-state index in [1.165, 1.54) is 11.1 Å². The number of anilines is 1. The van der Waals surface area contributed by atoms with Crippen molar-refractivity contribution in [2.45, 2.75) is 25.3 Å². The Morgan fingerprint density at radius 1 is 1.29 bits per heavy atom. The molecule has 2 aromatic rings. The molecular weight excluding hydrogens is 278 g/mol. The summed E-state index contributed by atoms with van der Waals surface area (Å²) in [4.78, 5) is 0. The summed E-state index contributed by atoms with van der Waals surface area (Å²) in [6.45, 7) is 0. The fourth-order valence-corrected chi connectivity index (χ4v) is 2.80. The lowest BCUT2D eigenvalue weighted by Crippen LogP contribution is -2.20. The molecule has 0 radical (unpaired) electrons. The molecule has 88 valence electrons. The van der Waals surface area contributed by atoms with Crippen LogP contribution in [0.5, 0.6) is 0 Å². The minimum atomic E-state index is 0.385. The first kappa shape index (κ1) is 10.8. The summed E-state index contributed by atoms with van der Waals surface area (Å²) in [7, 11) is 0. The van der Waals surface area contributed by atoms with E-state index >= 15 is 0 Å². The van der Waals surface area contributed by atoms with Crippen molar-refractivity contribution in [3.05, 3.63) is 46.1 Å². The third-order valence-electron chi connectivity index (χ3n) is 3.45. The van der Waals surface area contributed by atoms with Crippen LogP contribution in [0, 0.1) is 0 Å². The number of benzene rings is 1. The Hall–Kier alpha value is -1.29. The van der Waals surface area contributed by atoms with E-state index in [1.54, 1.807) is 6.20 Å². The minimum Gasteiger partial charge on any atom is -0.383 e. The molecule has 0 saturated heterocycles. The van der Waals surface area contributed by atoms with Gasteiger partial charge in [0.25, 0.3) is 0 Å². The van der Waals surface area contributed by atoms with E-state index in [0.717, 1.165) is 29.6 Å². The molecule has 1 aromatic carbocycles. The zero-order valence-corrected chi connectivity index (χ0v) is 11.0. The molecule has 1 unspecified atom stereocenters. The number of halogens is 1. The fraction of sp³-hybridized carbons (Fsp3) is 0.308. The van der Waals surface area contributed by atoms with E-state index < -0.39 is 0 Å². The third kappa shape index (κ3) is 1.86. The highest BCUT2D eigenvalue weighted by atomic mass is 79.9. The number of nitrogen functional groups attached to an aromatic ring is 1. The quantitative estimate of drug-likeness (QED) is 0.878. The predicted octanol–water partition coefficient (Wildman–Crippen LogP) is 2.96. The van der Waals surface area contributed by atoms with Crippen LogP contribution in [0.15, 0.2) is 34.9 Å². The molecule has 0 saturated carbocycles. The SMILES string of the molecule is Nc1c(Br)cnn1C1CCc2ccccc2C1.